The topological polar surface area (TPSA) is 62.5 Å². The summed E-state index contributed by atoms with van der Waals surface area (Å²) < 4.78 is 26.7. The van der Waals surface area contributed by atoms with Crippen LogP contribution >= 0.6 is 0 Å². The van der Waals surface area contributed by atoms with Gasteiger partial charge in [0, 0.05) is 32.0 Å². The summed E-state index contributed by atoms with van der Waals surface area (Å²) in [4.78, 5) is 0.218. The van der Waals surface area contributed by atoms with E-state index in [1.54, 1.807) is 10.8 Å². The molecule has 0 atom stereocenters. The Kier molecular flexibility index (Phi) is 3.77. The fraction of sp³-hybridized carbons (Fsp3) is 0.600. The zero-order valence-electron chi connectivity index (χ0n) is 10.0. The van der Waals surface area contributed by atoms with E-state index in [0.29, 0.717) is 5.69 Å². The molecule has 0 unspecified atom stereocenters. The van der Waals surface area contributed by atoms with Crippen molar-refractivity contribution in [2.45, 2.75) is 31.4 Å². The summed E-state index contributed by atoms with van der Waals surface area (Å²) >= 11 is 0. The highest BCUT2D eigenvalue weighted by Crippen LogP contribution is 2.20. The monoisotopic (exact) mass is 246 g/mol. The molecule has 0 spiro atoms. The average Bonchev–Trinajstić information content (AvgIpc) is 2.61. The molecule has 0 amide bonds. The predicted octanol–water partition coefficient (Wildman–Crippen LogP) is 0.812. The maximum atomic E-state index is 11.9. The van der Waals surface area contributed by atoms with E-state index in [4.69, 9.17) is 5.11 Å². The normalized spacial score (nSPS) is 12.7. The second-order valence-electron chi connectivity index (χ2n) is 4.11. The van der Waals surface area contributed by atoms with Crippen molar-refractivity contribution < 1.29 is 13.5 Å². The summed E-state index contributed by atoms with van der Waals surface area (Å²) in [6.45, 7) is 3.71. The van der Waals surface area contributed by atoms with Gasteiger partial charge in [-0.25, -0.2) is 12.7 Å². The minimum Gasteiger partial charge on any atom is -0.390 e. The molecular formula is C10H18N2O3S. The van der Waals surface area contributed by atoms with Crippen molar-refractivity contribution in [3.8, 4) is 0 Å². The highest BCUT2D eigenvalue weighted by Gasteiger charge is 2.21. The maximum Gasteiger partial charge on any atom is 0.244 e. The molecule has 0 aliphatic carbocycles. The van der Waals surface area contributed by atoms with Crippen molar-refractivity contribution in [2.24, 2.45) is 0 Å². The number of aliphatic hydroxyl groups is 1. The first kappa shape index (κ1) is 13.2. The Bertz CT molecular complexity index is 460. The Morgan fingerprint density at radius 3 is 2.31 bits per heavy atom. The highest BCUT2D eigenvalue weighted by molar-refractivity contribution is 7.89. The Labute approximate surface area is 96.4 Å². The number of aromatic nitrogens is 1. The van der Waals surface area contributed by atoms with Crippen LogP contribution in [0.1, 0.15) is 25.6 Å². The van der Waals surface area contributed by atoms with E-state index in [0.717, 1.165) is 4.31 Å². The number of aliphatic hydroxyl groups excluding tert-OH is 1. The Hall–Kier alpha value is -0.850. The molecule has 92 valence electrons. The van der Waals surface area contributed by atoms with Gasteiger partial charge >= 0.3 is 0 Å². The largest absolute Gasteiger partial charge is 0.390 e. The van der Waals surface area contributed by atoms with Crippen LogP contribution in [-0.2, 0) is 16.6 Å². The van der Waals surface area contributed by atoms with Gasteiger partial charge in [-0.15, -0.1) is 0 Å². The van der Waals surface area contributed by atoms with Gasteiger partial charge in [-0.05, 0) is 19.9 Å². The zero-order valence-corrected chi connectivity index (χ0v) is 10.8. The molecule has 0 bridgehead atoms. The maximum absolute atomic E-state index is 11.9. The van der Waals surface area contributed by atoms with Crippen LogP contribution in [0.25, 0.3) is 0 Å². The fourth-order valence-electron chi connectivity index (χ4n) is 1.46. The molecule has 0 saturated heterocycles. The minimum absolute atomic E-state index is 0.119. The van der Waals surface area contributed by atoms with Gasteiger partial charge in [-0.2, -0.15) is 0 Å². The van der Waals surface area contributed by atoms with Crippen LogP contribution < -0.4 is 0 Å². The molecule has 16 heavy (non-hydrogen) atoms. The van der Waals surface area contributed by atoms with Gasteiger partial charge in [0.1, 0.15) is 4.90 Å². The second-order valence-corrected chi connectivity index (χ2v) is 6.27. The third kappa shape index (κ3) is 2.28. The first-order valence-corrected chi connectivity index (χ1v) is 6.49. The lowest BCUT2D eigenvalue weighted by Gasteiger charge is -2.11. The highest BCUT2D eigenvalue weighted by atomic mass is 32.2. The van der Waals surface area contributed by atoms with Crippen LogP contribution in [0.4, 0.5) is 0 Å². The molecule has 1 aromatic rings. The van der Waals surface area contributed by atoms with E-state index < -0.39 is 10.0 Å². The lowest BCUT2D eigenvalue weighted by molar-refractivity contribution is 0.268. The third-order valence-corrected chi connectivity index (χ3v) is 4.18. The van der Waals surface area contributed by atoms with E-state index in [1.807, 2.05) is 13.8 Å². The van der Waals surface area contributed by atoms with Gasteiger partial charge in [0.05, 0.1) is 6.61 Å². The van der Waals surface area contributed by atoms with E-state index in [2.05, 4.69) is 0 Å². The van der Waals surface area contributed by atoms with Crippen molar-refractivity contribution in [2.75, 3.05) is 14.1 Å². The second kappa shape index (κ2) is 4.57. The van der Waals surface area contributed by atoms with Crippen LogP contribution in [0.15, 0.2) is 17.2 Å². The lowest BCUT2D eigenvalue weighted by Crippen LogP contribution is -2.21. The number of nitrogens with zero attached hydrogens (tertiary/aromatic N) is 2. The molecule has 1 N–H and O–H groups in total. The SMILES string of the molecule is CC(C)n1cc(S(=O)(=O)N(C)C)cc1CO. The van der Waals surface area contributed by atoms with Crippen LogP contribution in [-0.4, -0.2) is 36.5 Å². The lowest BCUT2D eigenvalue weighted by atomic mass is 10.3. The summed E-state index contributed by atoms with van der Waals surface area (Å²) in [5.74, 6) is 0. The summed E-state index contributed by atoms with van der Waals surface area (Å²) in [6.07, 6.45) is 1.56. The molecule has 6 heteroatoms. The van der Waals surface area contributed by atoms with Gasteiger partial charge in [-0.3, -0.25) is 0 Å². The summed E-state index contributed by atoms with van der Waals surface area (Å²) in [6, 6.07) is 1.63. The van der Waals surface area contributed by atoms with Crippen LogP contribution in [0, 0.1) is 0 Å². The van der Waals surface area contributed by atoms with Gasteiger partial charge in [0.25, 0.3) is 0 Å². The molecular weight excluding hydrogens is 228 g/mol. The van der Waals surface area contributed by atoms with Gasteiger partial charge < -0.3 is 9.67 Å². The Morgan fingerprint density at radius 1 is 1.44 bits per heavy atom. The fourth-order valence-corrected chi connectivity index (χ4v) is 2.41. The molecule has 1 rings (SSSR count). The van der Waals surface area contributed by atoms with Crippen LogP contribution in [0.2, 0.25) is 0 Å². The van der Waals surface area contributed by atoms with E-state index in [9.17, 15) is 8.42 Å². The van der Waals surface area contributed by atoms with Crippen LogP contribution in [0.3, 0.4) is 0 Å². The molecule has 5 nitrogen and oxygen atoms in total. The van der Waals surface area contributed by atoms with Crippen molar-refractivity contribution in [3.63, 3.8) is 0 Å². The third-order valence-electron chi connectivity index (χ3n) is 2.40. The molecule has 0 fully saturated rings. The van der Waals surface area contributed by atoms with Crippen molar-refractivity contribution >= 4 is 10.0 Å². The standard InChI is InChI=1S/C10H18N2O3S/c1-8(2)12-6-10(5-9(12)7-13)16(14,15)11(3)4/h5-6,8,13H,7H2,1-4H3. The van der Waals surface area contributed by atoms with Gasteiger partial charge in [-0.1, -0.05) is 0 Å². The van der Waals surface area contributed by atoms with Gasteiger partial charge in [0.2, 0.25) is 10.0 Å². The van der Waals surface area contributed by atoms with Crippen molar-refractivity contribution in [1.82, 2.24) is 8.87 Å². The molecule has 1 heterocycles. The van der Waals surface area contributed by atoms with E-state index >= 15 is 0 Å². The summed E-state index contributed by atoms with van der Waals surface area (Å²) in [5, 5.41) is 9.16. The zero-order chi connectivity index (χ0) is 12.5. The molecule has 1 aromatic heterocycles. The number of sulfonamides is 1. The summed E-state index contributed by atoms with van der Waals surface area (Å²) in [7, 11) is -0.447. The molecule has 0 saturated carbocycles. The first-order valence-electron chi connectivity index (χ1n) is 5.04. The van der Waals surface area contributed by atoms with Crippen molar-refractivity contribution in [1.29, 1.82) is 0 Å². The number of rotatable bonds is 4. The molecule has 0 radical (unpaired) electrons. The molecule has 0 aliphatic rings. The number of hydrogen-bond acceptors (Lipinski definition) is 3. The average molecular weight is 246 g/mol. The van der Waals surface area contributed by atoms with Gasteiger partial charge in [0.15, 0.2) is 0 Å². The predicted molar refractivity (Wildman–Crippen MR) is 61.6 cm³/mol. The molecule has 0 aliphatic heterocycles. The summed E-state index contributed by atoms with van der Waals surface area (Å²) in [5.41, 5.74) is 0.607. The smallest absolute Gasteiger partial charge is 0.244 e. The van der Waals surface area contributed by atoms with Crippen molar-refractivity contribution in [3.05, 3.63) is 18.0 Å². The van der Waals surface area contributed by atoms with Crippen LogP contribution in [0.5, 0.6) is 0 Å². The minimum atomic E-state index is -3.42. The quantitative estimate of drug-likeness (QED) is 0.855. The Morgan fingerprint density at radius 2 is 2.00 bits per heavy atom. The number of hydrogen-bond donors (Lipinski definition) is 1. The molecule has 0 aromatic carbocycles. The van der Waals surface area contributed by atoms with E-state index in [-0.39, 0.29) is 17.5 Å². The first-order chi connectivity index (χ1) is 7.30. The van der Waals surface area contributed by atoms with E-state index in [1.165, 1.54) is 20.2 Å². The Balaban J connectivity index is 3.29.